The van der Waals surface area contributed by atoms with E-state index >= 15 is 0 Å². The number of nitrogens with one attached hydrogen (secondary N) is 2. The van der Waals surface area contributed by atoms with Crippen LogP contribution in [0.4, 0.5) is 11.4 Å². The first-order valence-electron chi connectivity index (χ1n) is 10.9. The monoisotopic (exact) mass is 429 g/mol. The van der Waals surface area contributed by atoms with Gasteiger partial charge in [0.25, 0.3) is 11.8 Å². The fraction of sp³-hybridized carbons (Fsp3) is 0.231. The first-order chi connectivity index (χ1) is 15.7. The van der Waals surface area contributed by atoms with E-state index in [1.807, 2.05) is 54.6 Å². The Morgan fingerprint density at radius 2 is 1.62 bits per heavy atom. The van der Waals surface area contributed by atoms with E-state index in [9.17, 15) is 9.59 Å². The lowest BCUT2D eigenvalue weighted by Gasteiger charge is -2.17. The Morgan fingerprint density at radius 3 is 2.38 bits per heavy atom. The Morgan fingerprint density at radius 1 is 0.875 bits per heavy atom. The largest absolute Gasteiger partial charge is 0.484 e. The quantitative estimate of drug-likeness (QED) is 0.562. The van der Waals surface area contributed by atoms with Gasteiger partial charge in [0.05, 0.1) is 0 Å². The lowest BCUT2D eigenvalue weighted by Crippen LogP contribution is -2.23. The minimum atomic E-state index is -0.252. The van der Waals surface area contributed by atoms with Gasteiger partial charge in [-0.05, 0) is 60.9 Å². The van der Waals surface area contributed by atoms with E-state index in [4.69, 9.17) is 4.74 Å². The summed E-state index contributed by atoms with van der Waals surface area (Å²) in [6.07, 6.45) is 2.46. The van der Waals surface area contributed by atoms with Gasteiger partial charge in [0, 0.05) is 36.6 Å². The number of nitrogens with zero attached hydrogens (tertiary/aromatic N) is 1. The number of ether oxygens (including phenoxy) is 1. The predicted molar refractivity (Wildman–Crippen MR) is 126 cm³/mol. The van der Waals surface area contributed by atoms with Crippen molar-refractivity contribution >= 4 is 23.2 Å². The Balaban J connectivity index is 1.26. The minimum Gasteiger partial charge on any atom is -0.484 e. The number of amides is 2. The molecule has 0 bridgehead atoms. The molecule has 0 aromatic heterocycles. The highest BCUT2D eigenvalue weighted by atomic mass is 16.5. The lowest BCUT2D eigenvalue weighted by atomic mass is 10.2. The van der Waals surface area contributed by atoms with Gasteiger partial charge in [0.15, 0.2) is 6.61 Å². The molecule has 6 nitrogen and oxygen atoms in total. The van der Waals surface area contributed by atoms with Crippen LogP contribution in [0, 0.1) is 0 Å². The molecule has 164 valence electrons. The summed E-state index contributed by atoms with van der Waals surface area (Å²) in [7, 11) is 0. The summed E-state index contributed by atoms with van der Waals surface area (Å²) in [6, 6.07) is 24.4. The summed E-state index contributed by atoms with van der Waals surface area (Å²) in [4.78, 5) is 27.0. The molecule has 3 aromatic rings. The highest BCUT2D eigenvalue weighted by Gasteiger charge is 2.12. The molecular formula is C26H27N3O3. The Labute approximate surface area is 188 Å². The van der Waals surface area contributed by atoms with Crippen molar-refractivity contribution in [2.45, 2.75) is 19.4 Å². The maximum atomic E-state index is 12.4. The van der Waals surface area contributed by atoms with Gasteiger partial charge in [-0.1, -0.05) is 36.4 Å². The maximum Gasteiger partial charge on any atom is 0.262 e. The molecule has 1 aliphatic heterocycles. The summed E-state index contributed by atoms with van der Waals surface area (Å²) in [5.41, 5.74) is 3.42. The van der Waals surface area contributed by atoms with Crippen LogP contribution in [0.3, 0.4) is 0 Å². The second kappa shape index (κ2) is 10.5. The molecule has 0 saturated carbocycles. The van der Waals surface area contributed by atoms with E-state index in [0.29, 0.717) is 17.9 Å². The average molecular weight is 430 g/mol. The van der Waals surface area contributed by atoms with E-state index in [1.165, 1.54) is 18.5 Å². The van der Waals surface area contributed by atoms with Gasteiger partial charge in [-0.25, -0.2) is 0 Å². The van der Waals surface area contributed by atoms with E-state index in [0.717, 1.165) is 24.3 Å². The average Bonchev–Trinajstić information content (AvgIpc) is 3.38. The summed E-state index contributed by atoms with van der Waals surface area (Å²) < 4.78 is 5.60. The van der Waals surface area contributed by atoms with Crippen LogP contribution in [0.15, 0.2) is 78.9 Å². The molecule has 2 N–H and O–H groups in total. The molecule has 0 atom stereocenters. The van der Waals surface area contributed by atoms with E-state index in [1.54, 1.807) is 24.3 Å². The van der Waals surface area contributed by atoms with Gasteiger partial charge in [-0.15, -0.1) is 0 Å². The summed E-state index contributed by atoms with van der Waals surface area (Å²) >= 11 is 0. The lowest BCUT2D eigenvalue weighted by molar-refractivity contribution is -0.118. The Kier molecular flexibility index (Phi) is 7.02. The zero-order valence-electron chi connectivity index (χ0n) is 17.9. The first kappa shape index (κ1) is 21.4. The van der Waals surface area contributed by atoms with Crippen LogP contribution in [0.2, 0.25) is 0 Å². The number of carbonyl (C=O) groups excluding carboxylic acids is 2. The Hall–Kier alpha value is -3.80. The molecule has 0 radical (unpaired) electrons. The van der Waals surface area contributed by atoms with Crippen molar-refractivity contribution in [3.63, 3.8) is 0 Å². The first-order valence-corrected chi connectivity index (χ1v) is 10.9. The molecule has 1 saturated heterocycles. The minimum absolute atomic E-state index is 0.136. The van der Waals surface area contributed by atoms with Crippen molar-refractivity contribution in [3.8, 4) is 5.75 Å². The van der Waals surface area contributed by atoms with Gasteiger partial charge in [-0.3, -0.25) is 9.59 Å². The SMILES string of the molecule is O=C(COc1cccc(C(=O)NCc2ccccc2)c1)Nc1ccc(N2CCCC2)cc1. The molecule has 6 heteroatoms. The standard InChI is InChI=1S/C26H27N3O3/c30-25(28-22-11-13-23(14-12-22)29-15-4-5-16-29)19-32-24-10-6-9-21(17-24)26(31)27-18-20-7-2-1-3-8-20/h1-3,6-14,17H,4-5,15-16,18-19H2,(H,27,31)(H,28,30). The molecule has 0 unspecified atom stereocenters. The number of hydrogen-bond donors (Lipinski definition) is 2. The number of benzene rings is 3. The van der Waals surface area contributed by atoms with Gasteiger partial charge < -0.3 is 20.3 Å². The second-order valence-corrected chi connectivity index (χ2v) is 7.77. The third-order valence-corrected chi connectivity index (χ3v) is 5.38. The number of hydrogen-bond acceptors (Lipinski definition) is 4. The van der Waals surface area contributed by atoms with Crippen LogP contribution in [-0.4, -0.2) is 31.5 Å². The van der Waals surface area contributed by atoms with Crippen molar-refractivity contribution in [3.05, 3.63) is 90.0 Å². The highest BCUT2D eigenvalue weighted by molar-refractivity contribution is 5.94. The van der Waals surface area contributed by atoms with Crippen molar-refractivity contribution < 1.29 is 14.3 Å². The molecule has 2 amide bonds. The predicted octanol–water partition coefficient (Wildman–Crippen LogP) is 4.23. The summed E-state index contributed by atoms with van der Waals surface area (Å²) in [5.74, 6) is 0.0246. The van der Waals surface area contributed by atoms with Gasteiger partial charge >= 0.3 is 0 Å². The molecule has 1 heterocycles. The van der Waals surface area contributed by atoms with Crippen LogP contribution >= 0.6 is 0 Å². The second-order valence-electron chi connectivity index (χ2n) is 7.77. The van der Waals surface area contributed by atoms with Gasteiger partial charge in [0.1, 0.15) is 5.75 Å². The third kappa shape index (κ3) is 5.88. The summed E-state index contributed by atoms with van der Waals surface area (Å²) in [6.45, 7) is 2.48. The van der Waals surface area contributed by atoms with Crippen molar-refractivity contribution in [1.82, 2.24) is 5.32 Å². The van der Waals surface area contributed by atoms with E-state index < -0.39 is 0 Å². The smallest absolute Gasteiger partial charge is 0.262 e. The zero-order chi connectivity index (χ0) is 22.2. The number of carbonyl (C=O) groups is 2. The topological polar surface area (TPSA) is 70.7 Å². The van der Waals surface area contributed by atoms with Crippen LogP contribution in [0.5, 0.6) is 5.75 Å². The normalized spacial score (nSPS) is 12.9. The molecule has 4 rings (SSSR count). The molecule has 0 aliphatic carbocycles. The number of anilines is 2. The van der Waals surface area contributed by atoms with Crippen LogP contribution < -0.4 is 20.3 Å². The molecular weight excluding hydrogens is 402 g/mol. The summed E-state index contributed by atoms with van der Waals surface area (Å²) in [5, 5.41) is 5.73. The molecule has 0 spiro atoms. The van der Waals surface area contributed by atoms with Crippen molar-refractivity contribution in [2.75, 3.05) is 29.9 Å². The Bertz CT molecular complexity index is 1050. The third-order valence-electron chi connectivity index (χ3n) is 5.38. The highest BCUT2D eigenvalue weighted by Crippen LogP contribution is 2.22. The van der Waals surface area contributed by atoms with Gasteiger partial charge in [-0.2, -0.15) is 0 Å². The van der Waals surface area contributed by atoms with Crippen LogP contribution in [0.25, 0.3) is 0 Å². The van der Waals surface area contributed by atoms with Crippen LogP contribution in [-0.2, 0) is 11.3 Å². The van der Waals surface area contributed by atoms with Gasteiger partial charge in [0.2, 0.25) is 0 Å². The molecule has 32 heavy (non-hydrogen) atoms. The van der Waals surface area contributed by atoms with Crippen molar-refractivity contribution in [2.24, 2.45) is 0 Å². The molecule has 1 aliphatic rings. The van der Waals surface area contributed by atoms with Crippen molar-refractivity contribution in [1.29, 1.82) is 0 Å². The fourth-order valence-electron chi connectivity index (χ4n) is 3.68. The van der Waals surface area contributed by atoms with E-state index in [-0.39, 0.29) is 18.4 Å². The van der Waals surface area contributed by atoms with E-state index in [2.05, 4.69) is 15.5 Å². The maximum absolute atomic E-state index is 12.4. The zero-order valence-corrected chi connectivity index (χ0v) is 17.9. The fourth-order valence-corrected chi connectivity index (χ4v) is 3.68. The molecule has 1 fully saturated rings. The van der Waals surface area contributed by atoms with Crippen LogP contribution in [0.1, 0.15) is 28.8 Å². The molecule has 3 aromatic carbocycles. The number of rotatable bonds is 8.